The molecule has 1 fully saturated rings. The first-order chi connectivity index (χ1) is 6.86. The van der Waals surface area contributed by atoms with Gasteiger partial charge in [0.25, 0.3) is 0 Å². The molecule has 0 aromatic heterocycles. The molecular weight excluding hydrogens is 212 g/mol. The van der Waals surface area contributed by atoms with E-state index in [1.54, 1.807) is 0 Å². The first-order valence-electron chi connectivity index (χ1n) is 4.01. The standard InChI is InChI=1S/C7H10O8/c8-1-2(9)4(6(11)12)15-5(3(1)10)7(13)14/h1-5,8-10H,(H,11,12)(H,13,14)/t1-,2-,3-,4-,5+/m1/s1. The Bertz CT molecular complexity index is 250. The number of carbonyl (C=O) groups is 2. The molecule has 8 nitrogen and oxygen atoms in total. The number of rotatable bonds is 2. The van der Waals surface area contributed by atoms with Crippen LogP contribution in [0, 0.1) is 0 Å². The van der Waals surface area contributed by atoms with Crippen LogP contribution in [0.3, 0.4) is 0 Å². The zero-order chi connectivity index (χ0) is 11.7. The predicted molar refractivity (Wildman–Crippen MR) is 42.0 cm³/mol. The Balaban J connectivity index is 2.89. The third-order valence-corrected chi connectivity index (χ3v) is 2.10. The van der Waals surface area contributed by atoms with Gasteiger partial charge in [0.05, 0.1) is 0 Å². The Morgan fingerprint density at radius 1 is 0.800 bits per heavy atom. The van der Waals surface area contributed by atoms with Crippen molar-refractivity contribution in [2.75, 3.05) is 0 Å². The molecule has 0 bridgehead atoms. The Labute approximate surface area is 83.3 Å². The smallest absolute Gasteiger partial charge is 0.335 e. The van der Waals surface area contributed by atoms with Crippen LogP contribution in [-0.4, -0.2) is 68.0 Å². The maximum Gasteiger partial charge on any atom is 0.335 e. The van der Waals surface area contributed by atoms with Crippen molar-refractivity contribution < 1.29 is 39.9 Å². The molecule has 0 aromatic carbocycles. The van der Waals surface area contributed by atoms with Crippen LogP contribution < -0.4 is 0 Å². The van der Waals surface area contributed by atoms with Gasteiger partial charge in [0.2, 0.25) is 0 Å². The number of aliphatic hydroxyl groups excluding tert-OH is 3. The first-order valence-corrected chi connectivity index (χ1v) is 4.01. The van der Waals surface area contributed by atoms with Gasteiger partial charge in [0, 0.05) is 0 Å². The van der Waals surface area contributed by atoms with E-state index in [1.807, 2.05) is 0 Å². The van der Waals surface area contributed by atoms with Crippen LogP contribution in [0.25, 0.3) is 0 Å². The second kappa shape index (κ2) is 4.11. The van der Waals surface area contributed by atoms with Crippen LogP contribution in [0.5, 0.6) is 0 Å². The largest absolute Gasteiger partial charge is 0.479 e. The predicted octanol–water partition coefficient (Wildman–Crippen LogP) is -2.99. The van der Waals surface area contributed by atoms with E-state index in [1.165, 1.54) is 0 Å². The highest BCUT2D eigenvalue weighted by atomic mass is 16.6. The van der Waals surface area contributed by atoms with E-state index in [2.05, 4.69) is 4.74 Å². The number of hydrogen-bond acceptors (Lipinski definition) is 6. The molecule has 1 aliphatic heterocycles. The normalized spacial score (nSPS) is 41.1. The summed E-state index contributed by atoms with van der Waals surface area (Å²) in [7, 11) is 0. The number of ether oxygens (including phenoxy) is 1. The molecule has 1 heterocycles. The van der Waals surface area contributed by atoms with Gasteiger partial charge >= 0.3 is 11.9 Å². The first kappa shape index (κ1) is 11.9. The van der Waals surface area contributed by atoms with Gasteiger partial charge in [-0.1, -0.05) is 0 Å². The number of hydrogen-bond donors (Lipinski definition) is 5. The zero-order valence-corrected chi connectivity index (χ0v) is 7.35. The molecule has 8 heteroatoms. The summed E-state index contributed by atoms with van der Waals surface area (Å²) in [6, 6.07) is 0. The third-order valence-electron chi connectivity index (χ3n) is 2.10. The lowest BCUT2D eigenvalue weighted by Crippen LogP contribution is -2.61. The second-order valence-corrected chi connectivity index (χ2v) is 3.13. The second-order valence-electron chi connectivity index (χ2n) is 3.13. The molecule has 1 aliphatic rings. The summed E-state index contributed by atoms with van der Waals surface area (Å²) in [5.74, 6) is -3.22. The molecule has 1 saturated heterocycles. The van der Waals surface area contributed by atoms with Crippen molar-refractivity contribution in [2.24, 2.45) is 0 Å². The Hall–Kier alpha value is -1.22. The summed E-state index contributed by atoms with van der Waals surface area (Å²) in [6.45, 7) is 0. The van der Waals surface area contributed by atoms with Gasteiger partial charge < -0.3 is 30.3 Å². The minimum atomic E-state index is -1.87. The molecule has 0 amide bonds. The summed E-state index contributed by atoms with van der Waals surface area (Å²) in [5.41, 5.74) is 0. The van der Waals surface area contributed by atoms with Crippen molar-refractivity contribution in [1.82, 2.24) is 0 Å². The quantitative estimate of drug-likeness (QED) is 0.332. The van der Waals surface area contributed by atoms with Gasteiger partial charge in [-0.15, -0.1) is 0 Å². The molecule has 86 valence electrons. The molecule has 1 rings (SSSR count). The van der Waals surface area contributed by atoms with E-state index in [0.29, 0.717) is 0 Å². The van der Waals surface area contributed by atoms with Crippen LogP contribution in [0.2, 0.25) is 0 Å². The van der Waals surface area contributed by atoms with Crippen molar-refractivity contribution >= 4 is 11.9 Å². The number of carboxylic acids is 2. The van der Waals surface area contributed by atoms with Gasteiger partial charge in [-0.3, -0.25) is 0 Å². The highest BCUT2D eigenvalue weighted by molar-refractivity contribution is 5.77. The average molecular weight is 222 g/mol. The average Bonchev–Trinajstić information content (AvgIpc) is 2.13. The molecule has 0 saturated carbocycles. The molecule has 5 atom stereocenters. The van der Waals surface area contributed by atoms with Crippen molar-refractivity contribution in [3.05, 3.63) is 0 Å². The monoisotopic (exact) mass is 222 g/mol. The van der Waals surface area contributed by atoms with E-state index in [4.69, 9.17) is 20.4 Å². The fourth-order valence-electron chi connectivity index (χ4n) is 1.29. The van der Waals surface area contributed by atoms with E-state index in [0.717, 1.165) is 0 Å². The summed E-state index contributed by atoms with van der Waals surface area (Å²) in [6.07, 6.45) is -9.35. The van der Waals surface area contributed by atoms with Crippen molar-refractivity contribution in [3.63, 3.8) is 0 Å². The number of aliphatic carboxylic acids is 2. The fraction of sp³-hybridized carbons (Fsp3) is 0.714. The molecule has 0 radical (unpaired) electrons. The molecule has 15 heavy (non-hydrogen) atoms. The van der Waals surface area contributed by atoms with E-state index >= 15 is 0 Å². The summed E-state index contributed by atoms with van der Waals surface area (Å²) in [4.78, 5) is 21.0. The van der Waals surface area contributed by atoms with Gasteiger partial charge in [0.15, 0.2) is 12.2 Å². The molecule has 0 aromatic rings. The molecule has 5 N–H and O–H groups in total. The SMILES string of the molecule is O=C(O)[C@H]1O[C@@H](C(=O)O)[C@H](O)[C@@H](O)[C@H]1O. The minimum absolute atomic E-state index is 1.61. The summed E-state index contributed by atoms with van der Waals surface area (Å²) in [5, 5.41) is 44.6. The minimum Gasteiger partial charge on any atom is -0.479 e. The highest BCUT2D eigenvalue weighted by Gasteiger charge is 2.49. The lowest BCUT2D eigenvalue weighted by Gasteiger charge is -2.36. The fourth-order valence-corrected chi connectivity index (χ4v) is 1.29. The van der Waals surface area contributed by atoms with Crippen LogP contribution in [0.15, 0.2) is 0 Å². The lowest BCUT2D eigenvalue weighted by molar-refractivity contribution is -0.231. The molecular formula is C7H10O8. The van der Waals surface area contributed by atoms with Crippen molar-refractivity contribution in [1.29, 1.82) is 0 Å². The van der Waals surface area contributed by atoms with Crippen LogP contribution >= 0.6 is 0 Å². The Morgan fingerprint density at radius 3 is 1.40 bits per heavy atom. The summed E-state index contributed by atoms with van der Waals surface area (Å²) < 4.78 is 4.45. The van der Waals surface area contributed by atoms with Crippen molar-refractivity contribution in [3.8, 4) is 0 Å². The third kappa shape index (κ3) is 2.07. The zero-order valence-electron chi connectivity index (χ0n) is 7.35. The van der Waals surface area contributed by atoms with Crippen molar-refractivity contribution in [2.45, 2.75) is 30.5 Å². The summed E-state index contributed by atoms with van der Waals surface area (Å²) >= 11 is 0. The van der Waals surface area contributed by atoms with E-state index < -0.39 is 42.5 Å². The Morgan fingerprint density at radius 2 is 1.13 bits per heavy atom. The number of aliphatic hydroxyl groups is 3. The van der Waals surface area contributed by atoms with Gasteiger partial charge in [0.1, 0.15) is 18.3 Å². The van der Waals surface area contributed by atoms with Crippen LogP contribution in [0.1, 0.15) is 0 Å². The van der Waals surface area contributed by atoms with Gasteiger partial charge in [-0.05, 0) is 0 Å². The van der Waals surface area contributed by atoms with Crippen LogP contribution in [0.4, 0.5) is 0 Å². The van der Waals surface area contributed by atoms with E-state index in [-0.39, 0.29) is 0 Å². The molecule has 0 spiro atoms. The van der Waals surface area contributed by atoms with Gasteiger partial charge in [-0.25, -0.2) is 9.59 Å². The highest BCUT2D eigenvalue weighted by Crippen LogP contribution is 2.21. The number of carboxylic acid groups (broad SMARTS) is 2. The van der Waals surface area contributed by atoms with E-state index in [9.17, 15) is 14.7 Å². The maximum atomic E-state index is 10.5. The topological polar surface area (TPSA) is 145 Å². The maximum absolute atomic E-state index is 10.5. The Kier molecular flexibility index (Phi) is 3.25. The van der Waals surface area contributed by atoms with Gasteiger partial charge in [-0.2, -0.15) is 0 Å². The molecule has 0 unspecified atom stereocenters. The van der Waals surface area contributed by atoms with Crippen LogP contribution in [-0.2, 0) is 14.3 Å². The molecule has 0 aliphatic carbocycles. The lowest BCUT2D eigenvalue weighted by atomic mass is 9.95.